The average molecular weight is 358 g/mol. The molecule has 0 saturated heterocycles. The van der Waals surface area contributed by atoms with Crippen molar-refractivity contribution in [2.45, 2.75) is 19.9 Å². The summed E-state index contributed by atoms with van der Waals surface area (Å²) in [5, 5.41) is 0. The molecule has 0 radical (unpaired) electrons. The number of aryl methyl sites for hydroxylation is 2. The van der Waals surface area contributed by atoms with Crippen molar-refractivity contribution in [2.24, 2.45) is 5.90 Å². The summed E-state index contributed by atoms with van der Waals surface area (Å²) in [4.78, 5) is 13.8. The Morgan fingerprint density at radius 1 is 1.00 bits per heavy atom. The van der Waals surface area contributed by atoms with Crippen molar-refractivity contribution in [1.29, 1.82) is 0 Å². The molecule has 2 aromatic carbocycles. The molecule has 0 amide bonds. The molecule has 2 aromatic heterocycles. The number of hydrogen-bond donors (Lipinski definition) is 1. The second-order valence-electron chi connectivity index (χ2n) is 6.63. The van der Waals surface area contributed by atoms with Gasteiger partial charge in [-0.25, -0.2) is 10.9 Å². The van der Waals surface area contributed by atoms with E-state index in [4.69, 9.17) is 5.90 Å². The van der Waals surface area contributed by atoms with E-state index >= 15 is 0 Å². The fourth-order valence-electron chi connectivity index (χ4n) is 3.38. The lowest BCUT2D eigenvalue weighted by molar-refractivity contribution is 0.132. The van der Waals surface area contributed by atoms with Crippen LogP contribution in [0, 0.1) is 6.92 Å². The van der Waals surface area contributed by atoms with E-state index in [1.807, 2.05) is 18.6 Å². The van der Waals surface area contributed by atoms with Gasteiger partial charge >= 0.3 is 0 Å². The highest BCUT2D eigenvalue weighted by Crippen LogP contribution is 2.32. The van der Waals surface area contributed by atoms with Crippen LogP contribution >= 0.6 is 0 Å². The Labute approximate surface area is 158 Å². The molecule has 2 heterocycles. The van der Waals surface area contributed by atoms with Crippen molar-refractivity contribution in [2.75, 3.05) is 6.61 Å². The molecule has 5 heteroatoms. The monoisotopic (exact) mass is 358 g/mol. The van der Waals surface area contributed by atoms with E-state index in [1.54, 1.807) is 0 Å². The first-order chi connectivity index (χ1) is 13.3. The normalized spacial score (nSPS) is 11.2. The molecule has 0 aliphatic rings. The molecule has 0 spiro atoms. The van der Waals surface area contributed by atoms with Gasteiger partial charge in [0.25, 0.3) is 0 Å². The van der Waals surface area contributed by atoms with Crippen molar-refractivity contribution in [3.8, 4) is 22.4 Å². The minimum atomic E-state index is 0.527. The lowest BCUT2D eigenvalue weighted by Crippen LogP contribution is -2.05. The number of nitrogens with zero attached hydrogens (tertiary/aromatic N) is 3. The van der Waals surface area contributed by atoms with Crippen LogP contribution in [0.4, 0.5) is 0 Å². The van der Waals surface area contributed by atoms with Crippen LogP contribution in [0.25, 0.3) is 33.4 Å². The lowest BCUT2D eigenvalue weighted by Gasteiger charge is -2.11. The number of aromatic nitrogens is 3. The molecule has 0 fully saturated rings. The van der Waals surface area contributed by atoms with Crippen molar-refractivity contribution in [1.82, 2.24) is 14.5 Å². The Morgan fingerprint density at radius 3 is 2.78 bits per heavy atom. The standard InChI is InChI=1S/C22H22N4O/c1-16-5-2-6-18(13-16)22-19(7-3-10-24-22)17-8-9-20-21(14-17)26(15-25-20)11-4-12-27-23/h2-3,5-10,13-15H,4,11-12,23H2,1H3. The van der Waals surface area contributed by atoms with E-state index in [0.717, 1.165) is 46.4 Å². The summed E-state index contributed by atoms with van der Waals surface area (Å²) < 4.78 is 2.14. The number of benzene rings is 2. The van der Waals surface area contributed by atoms with Gasteiger partial charge in [-0.05, 0) is 43.2 Å². The number of imidazole rings is 1. The average Bonchev–Trinajstić information content (AvgIpc) is 3.10. The topological polar surface area (TPSA) is 66.0 Å². The summed E-state index contributed by atoms with van der Waals surface area (Å²) in [6.07, 6.45) is 4.56. The van der Waals surface area contributed by atoms with Gasteiger partial charge in [-0.3, -0.25) is 4.98 Å². The largest absolute Gasteiger partial charge is 0.330 e. The van der Waals surface area contributed by atoms with Crippen LogP contribution < -0.4 is 5.90 Å². The van der Waals surface area contributed by atoms with Crippen LogP contribution in [-0.2, 0) is 11.4 Å². The van der Waals surface area contributed by atoms with Crippen LogP contribution in [0.1, 0.15) is 12.0 Å². The van der Waals surface area contributed by atoms with E-state index in [-0.39, 0.29) is 0 Å². The van der Waals surface area contributed by atoms with Gasteiger partial charge < -0.3 is 9.40 Å². The Bertz CT molecular complexity index is 1070. The number of fused-ring (bicyclic) bond motifs is 1. The first kappa shape index (κ1) is 17.4. The lowest BCUT2D eigenvalue weighted by atomic mass is 9.98. The summed E-state index contributed by atoms with van der Waals surface area (Å²) >= 11 is 0. The third kappa shape index (κ3) is 3.60. The summed E-state index contributed by atoms with van der Waals surface area (Å²) in [7, 11) is 0. The van der Waals surface area contributed by atoms with Crippen LogP contribution in [-0.4, -0.2) is 21.1 Å². The van der Waals surface area contributed by atoms with E-state index in [1.165, 1.54) is 5.56 Å². The Kier molecular flexibility index (Phi) is 4.96. The molecule has 4 rings (SSSR count). The van der Waals surface area contributed by atoms with Gasteiger partial charge in [0.05, 0.1) is 29.7 Å². The second-order valence-corrected chi connectivity index (χ2v) is 6.63. The molecule has 0 atom stereocenters. The van der Waals surface area contributed by atoms with E-state index in [9.17, 15) is 0 Å². The summed E-state index contributed by atoms with van der Waals surface area (Å²) in [5.74, 6) is 5.13. The van der Waals surface area contributed by atoms with Crippen molar-refractivity contribution >= 4 is 11.0 Å². The summed E-state index contributed by atoms with van der Waals surface area (Å²) in [6.45, 7) is 3.44. The molecular formula is C22H22N4O. The zero-order chi connectivity index (χ0) is 18.6. The maximum absolute atomic E-state index is 5.13. The Morgan fingerprint density at radius 2 is 1.93 bits per heavy atom. The van der Waals surface area contributed by atoms with Crippen LogP contribution in [0.5, 0.6) is 0 Å². The SMILES string of the molecule is Cc1cccc(-c2ncccc2-c2ccc3ncn(CCCON)c3c2)c1. The molecule has 136 valence electrons. The molecule has 27 heavy (non-hydrogen) atoms. The fraction of sp³-hybridized carbons (Fsp3) is 0.182. The van der Waals surface area contributed by atoms with E-state index < -0.39 is 0 Å². The van der Waals surface area contributed by atoms with Crippen molar-refractivity contribution in [3.63, 3.8) is 0 Å². The highest BCUT2D eigenvalue weighted by atomic mass is 16.6. The second kappa shape index (κ2) is 7.70. The quantitative estimate of drug-likeness (QED) is 0.411. The van der Waals surface area contributed by atoms with Gasteiger partial charge in [-0.1, -0.05) is 35.9 Å². The molecule has 0 unspecified atom stereocenters. The predicted octanol–water partition coefficient (Wildman–Crippen LogP) is 4.35. The molecule has 0 bridgehead atoms. The van der Waals surface area contributed by atoms with Gasteiger partial charge in [0.15, 0.2) is 0 Å². The molecule has 0 saturated carbocycles. The highest BCUT2D eigenvalue weighted by molar-refractivity contribution is 5.87. The van der Waals surface area contributed by atoms with Crippen LogP contribution in [0.3, 0.4) is 0 Å². The third-order valence-electron chi connectivity index (χ3n) is 4.69. The molecule has 2 N–H and O–H groups in total. The molecule has 0 aliphatic heterocycles. The highest BCUT2D eigenvalue weighted by Gasteiger charge is 2.11. The minimum Gasteiger partial charge on any atom is -0.330 e. The van der Waals surface area contributed by atoms with Gasteiger partial charge in [-0.15, -0.1) is 0 Å². The summed E-state index contributed by atoms with van der Waals surface area (Å²) in [6, 6.07) is 18.9. The molecular weight excluding hydrogens is 336 g/mol. The predicted molar refractivity (Wildman–Crippen MR) is 108 cm³/mol. The first-order valence-corrected chi connectivity index (χ1v) is 9.05. The van der Waals surface area contributed by atoms with Gasteiger partial charge in [-0.2, -0.15) is 0 Å². The maximum atomic E-state index is 5.13. The van der Waals surface area contributed by atoms with Crippen molar-refractivity contribution < 1.29 is 4.84 Å². The molecule has 5 nitrogen and oxygen atoms in total. The van der Waals surface area contributed by atoms with E-state index in [0.29, 0.717) is 6.61 Å². The maximum Gasteiger partial charge on any atom is 0.0958 e. The zero-order valence-electron chi connectivity index (χ0n) is 15.3. The number of pyridine rings is 1. The van der Waals surface area contributed by atoms with E-state index in [2.05, 4.69) is 74.8 Å². The first-order valence-electron chi connectivity index (χ1n) is 9.05. The molecule has 0 aliphatic carbocycles. The van der Waals surface area contributed by atoms with Crippen LogP contribution in [0.15, 0.2) is 67.1 Å². The zero-order valence-corrected chi connectivity index (χ0v) is 15.3. The van der Waals surface area contributed by atoms with Crippen LogP contribution in [0.2, 0.25) is 0 Å². The third-order valence-corrected chi connectivity index (χ3v) is 4.69. The smallest absolute Gasteiger partial charge is 0.0958 e. The van der Waals surface area contributed by atoms with Crippen molar-refractivity contribution in [3.05, 3.63) is 72.7 Å². The van der Waals surface area contributed by atoms with Gasteiger partial charge in [0.2, 0.25) is 0 Å². The number of nitrogens with two attached hydrogens (primary N) is 1. The summed E-state index contributed by atoms with van der Waals surface area (Å²) in [5.41, 5.74) is 7.66. The number of hydrogen-bond acceptors (Lipinski definition) is 4. The minimum absolute atomic E-state index is 0.527. The fourth-order valence-corrected chi connectivity index (χ4v) is 3.38. The van der Waals surface area contributed by atoms with Gasteiger partial charge in [0, 0.05) is 23.9 Å². The Balaban J connectivity index is 1.78. The number of rotatable bonds is 6. The van der Waals surface area contributed by atoms with Gasteiger partial charge in [0.1, 0.15) is 0 Å². The Hall–Kier alpha value is -3.02. The molecule has 4 aromatic rings.